The Balaban J connectivity index is 1.66. The van der Waals surface area contributed by atoms with Gasteiger partial charge in [-0.1, -0.05) is 18.4 Å². The summed E-state index contributed by atoms with van der Waals surface area (Å²) in [4.78, 5) is 12.1. The molecule has 0 saturated heterocycles. The molecule has 0 fully saturated rings. The van der Waals surface area contributed by atoms with Crippen LogP contribution in [0.3, 0.4) is 0 Å². The van der Waals surface area contributed by atoms with E-state index in [9.17, 15) is 12.8 Å². The Morgan fingerprint density at radius 2 is 2.06 bits per heavy atom. The second-order valence-electron chi connectivity index (χ2n) is 7.96. The van der Waals surface area contributed by atoms with E-state index in [-0.39, 0.29) is 11.6 Å². The van der Waals surface area contributed by atoms with E-state index in [1.54, 1.807) is 0 Å². The maximum atomic E-state index is 13.9. The van der Waals surface area contributed by atoms with Gasteiger partial charge >= 0.3 is 6.08 Å². The van der Waals surface area contributed by atoms with E-state index in [1.807, 2.05) is 16.7 Å². The molecule has 2 N–H and O–H groups in total. The Labute approximate surface area is 186 Å². The second-order valence-corrected chi connectivity index (χ2v) is 10.2. The summed E-state index contributed by atoms with van der Waals surface area (Å²) in [5, 5.41) is 0. The summed E-state index contributed by atoms with van der Waals surface area (Å²) < 4.78 is 44.1. The lowest BCUT2D eigenvalue weighted by atomic mass is 10.00. The van der Waals surface area contributed by atoms with Crippen LogP contribution in [-0.4, -0.2) is 46.6 Å². The van der Waals surface area contributed by atoms with Gasteiger partial charge < -0.3 is 15.0 Å². The molecule has 0 aliphatic carbocycles. The number of nitrogen functional groups attached to an aromatic ring is 1. The monoisotopic (exact) mass is 457 g/mol. The summed E-state index contributed by atoms with van der Waals surface area (Å²) in [6.45, 7) is 1.12. The van der Waals surface area contributed by atoms with Gasteiger partial charge in [0.05, 0.1) is 6.61 Å². The molecule has 2 aromatic heterocycles. The highest BCUT2D eigenvalue weighted by Gasteiger charge is 2.20. The molecule has 168 valence electrons. The minimum atomic E-state index is -3.00. The van der Waals surface area contributed by atoms with Crippen molar-refractivity contribution in [3.63, 3.8) is 0 Å². The number of nitrogens with two attached hydrogens (primary N) is 1. The number of aromatic nitrogens is 4. The normalized spacial score (nSPS) is 13.2. The molecule has 1 aliphatic heterocycles. The minimum absolute atomic E-state index is 0.0240. The van der Waals surface area contributed by atoms with Gasteiger partial charge in [-0.3, -0.25) is 0 Å². The number of benzene rings is 1. The van der Waals surface area contributed by atoms with Crippen molar-refractivity contribution in [3.8, 4) is 18.1 Å². The molecule has 32 heavy (non-hydrogen) atoms. The predicted octanol–water partition coefficient (Wildman–Crippen LogP) is 2.27. The Morgan fingerprint density at radius 1 is 1.25 bits per heavy atom. The molecule has 3 aromatic rings. The van der Waals surface area contributed by atoms with Crippen LogP contribution >= 0.6 is 0 Å². The maximum absolute atomic E-state index is 13.9. The quantitative estimate of drug-likeness (QED) is 0.314. The number of fused-ring (bicyclic) bond motifs is 2. The minimum Gasteiger partial charge on any atom is -0.493 e. The number of halogens is 1. The lowest BCUT2D eigenvalue weighted by Gasteiger charge is -2.11. The van der Waals surface area contributed by atoms with Gasteiger partial charge in [-0.2, -0.15) is 14.4 Å². The summed E-state index contributed by atoms with van der Waals surface area (Å²) in [6.07, 6.45) is 9.19. The number of nitrogens with zero attached hydrogens (tertiary/aromatic N) is 4. The number of rotatable bonds is 8. The highest BCUT2D eigenvalue weighted by molar-refractivity contribution is 7.90. The van der Waals surface area contributed by atoms with Crippen molar-refractivity contribution in [1.29, 1.82) is 0 Å². The van der Waals surface area contributed by atoms with Crippen LogP contribution in [0.25, 0.3) is 11.2 Å². The number of hydrogen-bond donors (Lipinski definition) is 1. The first-order valence-electron chi connectivity index (χ1n) is 10.4. The molecule has 0 saturated carbocycles. The zero-order valence-corrected chi connectivity index (χ0v) is 18.6. The van der Waals surface area contributed by atoms with Gasteiger partial charge in [0.25, 0.3) is 0 Å². The molecule has 4 rings (SSSR count). The Bertz CT molecular complexity index is 1330. The van der Waals surface area contributed by atoms with E-state index < -0.39 is 15.9 Å². The molecular formula is C22H24FN5O3S. The van der Waals surface area contributed by atoms with Gasteiger partial charge in [0.1, 0.15) is 21.4 Å². The van der Waals surface area contributed by atoms with E-state index in [2.05, 4.69) is 20.9 Å². The predicted molar refractivity (Wildman–Crippen MR) is 120 cm³/mol. The van der Waals surface area contributed by atoms with Crippen molar-refractivity contribution < 1.29 is 17.5 Å². The molecule has 1 aliphatic rings. The van der Waals surface area contributed by atoms with Crippen LogP contribution in [0.1, 0.15) is 41.8 Å². The van der Waals surface area contributed by atoms with Gasteiger partial charge in [-0.15, -0.1) is 6.42 Å². The van der Waals surface area contributed by atoms with E-state index in [0.717, 1.165) is 23.3 Å². The molecular weight excluding hydrogens is 433 g/mol. The van der Waals surface area contributed by atoms with Crippen molar-refractivity contribution in [2.45, 2.75) is 38.6 Å². The van der Waals surface area contributed by atoms with Crippen LogP contribution in [0.5, 0.6) is 5.75 Å². The van der Waals surface area contributed by atoms with Crippen LogP contribution in [0.15, 0.2) is 12.1 Å². The zero-order valence-electron chi connectivity index (χ0n) is 17.8. The number of ether oxygens (including phenoxy) is 1. The third kappa shape index (κ3) is 4.67. The highest BCUT2D eigenvalue weighted by Crippen LogP contribution is 2.30. The lowest BCUT2D eigenvalue weighted by Crippen LogP contribution is -2.08. The number of sulfone groups is 1. The average Bonchev–Trinajstić information content (AvgIpc) is 3.31. The van der Waals surface area contributed by atoms with Crippen molar-refractivity contribution in [2.75, 3.05) is 24.3 Å². The molecule has 1 aromatic carbocycles. The molecule has 3 heterocycles. The van der Waals surface area contributed by atoms with Crippen molar-refractivity contribution >= 4 is 26.8 Å². The Kier molecular flexibility index (Phi) is 6.02. The molecule has 0 atom stereocenters. The first-order chi connectivity index (χ1) is 15.2. The first kappa shape index (κ1) is 22.0. The number of unbranched alkanes of at least 4 members (excludes halogenated alkanes) is 2. The highest BCUT2D eigenvalue weighted by atomic mass is 32.2. The summed E-state index contributed by atoms with van der Waals surface area (Å²) in [6, 6.07) is 3.90. The van der Waals surface area contributed by atoms with Crippen molar-refractivity contribution in [2.24, 2.45) is 0 Å². The molecule has 0 amide bonds. The standard InChI is InChI=1S/C22H24FN5O3S/c1-3-14-12-17-15(7-9-31-17)11-16(14)13-18-25-19-20(24)26-22(23)27-21(19)28(18)8-5-4-6-10-32(2,29)30/h1,11-12H,4-10,13H2,2H3,(H2,24,26,27). The van der Waals surface area contributed by atoms with E-state index >= 15 is 0 Å². The summed E-state index contributed by atoms with van der Waals surface area (Å²) in [5.74, 6) is 4.27. The third-order valence-corrected chi connectivity index (χ3v) is 6.52. The van der Waals surface area contributed by atoms with Gasteiger partial charge in [0, 0.05) is 37.0 Å². The van der Waals surface area contributed by atoms with Crippen LogP contribution < -0.4 is 10.5 Å². The van der Waals surface area contributed by atoms with Crippen LogP contribution in [0.2, 0.25) is 0 Å². The Morgan fingerprint density at radius 3 is 2.81 bits per heavy atom. The summed E-state index contributed by atoms with van der Waals surface area (Å²) >= 11 is 0. The van der Waals surface area contributed by atoms with Crippen LogP contribution in [-0.2, 0) is 29.2 Å². The summed E-state index contributed by atoms with van der Waals surface area (Å²) in [5.41, 5.74) is 9.28. The van der Waals surface area contributed by atoms with Crippen LogP contribution in [0, 0.1) is 18.4 Å². The zero-order chi connectivity index (χ0) is 22.9. The second kappa shape index (κ2) is 8.74. The number of hydrogen-bond acceptors (Lipinski definition) is 7. The Hall–Kier alpha value is -3.19. The third-order valence-electron chi connectivity index (χ3n) is 5.49. The fourth-order valence-corrected chi connectivity index (χ4v) is 4.68. The molecule has 10 heteroatoms. The van der Waals surface area contributed by atoms with Crippen molar-refractivity contribution in [3.05, 3.63) is 40.7 Å². The molecule has 0 radical (unpaired) electrons. The molecule has 0 unspecified atom stereocenters. The smallest absolute Gasteiger partial charge is 0.312 e. The number of imidazole rings is 1. The molecule has 0 bridgehead atoms. The SMILES string of the molecule is C#Cc1cc2c(cc1Cc1nc3c(N)nc(F)nc3n1CCCCCS(C)(=O)=O)CCO2. The van der Waals surface area contributed by atoms with Gasteiger partial charge in [-0.05, 0) is 30.0 Å². The van der Waals surface area contributed by atoms with Crippen LogP contribution in [0.4, 0.5) is 10.2 Å². The topological polar surface area (TPSA) is 113 Å². The van der Waals surface area contributed by atoms with Crippen molar-refractivity contribution in [1.82, 2.24) is 19.5 Å². The average molecular weight is 458 g/mol. The molecule has 0 spiro atoms. The van der Waals surface area contributed by atoms with E-state index in [4.69, 9.17) is 16.9 Å². The van der Waals surface area contributed by atoms with Gasteiger partial charge in [0.15, 0.2) is 17.0 Å². The maximum Gasteiger partial charge on any atom is 0.312 e. The number of terminal acetylenes is 1. The number of anilines is 1. The molecule has 8 nitrogen and oxygen atoms in total. The van der Waals surface area contributed by atoms with E-state index in [1.165, 1.54) is 6.26 Å². The fourth-order valence-electron chi connectivity index (χ4n) is 3.95. The van der Waals surface area contributed by atoms with Gasteiger partial charge in [-0.25, -0.2) is 13.4 Å². The fraction of sp³-hybridized carbons (Fsp3) is 0.409. The number of aryl methyl sites for hydroxylation is 1. The largest absolute Gasteiger partial charge is 0.493 e. The first-order valence-corrected chi connectivity index (χ1v) is 12.4. The lowest BCUT2D eigenvalue weighted by molar-refractivity contribution is 0.356. The van der Waals surface area contributed by atoms with Gasteiger partial charge in [0.2, 0.25) is 0 Å². The van der Waals surface area contributed by atoms with E-state index in [0.29, 0.717) is 61.4 Å². The summed E-state index contributed by atoms with van der Waals surface area (Å²) in [7, 11) is -3.00.